The zero-order valence-electron chi connectivity index (χ0n) is 15.4. The fourth-order valence-corrected chi connectivity index (χ4v) is 4.43. The van der Waals surface area contributed by atoms with Gasteiger partial charge in [0.1, 0.15) is 0 Å². The topological polar surface area (TPSA) is 58.8 Å². The predicted molar refractivity (Wildman–Crippen MR) is 114 cm³/mol. The fraction of sp³-hybridized carbons (Fsp3) is 0.368. The lowest BCUT2D eigenvalue weighted by molar-refractivity contribution is 0.0390. The Morgan fingerprint density at radius 1 is 1.32 bits per heavy atom. The third-order valence-corrected chi connectivity index (χ3v) is 6.18. The molecule has 1 aromatic carbocycles. The number of morpholine rings is 1. The minimum absolute atomic E-state index is 0. The van der Waals surface area contributed by atoms with E-state index in [-0.39, 0.29) is 18.3 Å². The number of benzene rings is 1. The number of fused-ring (bicyclic) bond motifs is 1. The molecule has 0 unspecified atom stereocenters. The number of anilines is 1. The molecule has 0 bridgehead atoms. The molecule has 1 saturated heterocycles. The van der Waals surface area contributed by atoms with Crippen LogP contribution in [0.25, 0.3) is 10.2 Å². The second-order valence-corrected chi connectivity index (χ2v) is 7.81. The average Bonchev–Trinajstić information content (AvgIpc) is 3.36. The first-order chi connectivity index (χ1) is 13.1. The molecular formula is C19H21Cl2N3O3S. The molecule has 1 fully saturated rings. The first-order valence-corrected chi connectivity index (χ1v) is 10.0. The van der Waals surface area contributed by atoms with Gasteiger partial charge >= 0.3 is 0 Å². The number of carbonyl (C=O) groups excluding carboxylic acids is 1. The van der Waals surface area contributed by atoms with Gasteiger partial charge in [0, 0.05) is 26.2 Å². The number of thiazole rings is 1. The number of aryl methyl sites for hydroxylation is 1. The molecule has 3 heterocycles. The SMILES string of the molecule is Cc1ccc(Cl)c2sc(N(CCN3CCOCC3)C(=O)c3ccco3)nc12.Cl. The zero-order chi connectivity index (χ0) is 18.8. The lowest BCUT2D eigenvalue weighted by atomic mass is 10.2. The predicted octanol–water partition coefficient (Wildman–Crippen LogP) is 4.25. The Bertz CT molecular complexity index is 900. The highest BCUT2D eigenvalue weighted by molar-refractivity contribution is 7.23. The molecule has 9 heteroatoms. The average molecular weight is 442 g/mol. The first-order valence-electron chi connectivity index (χ1n) is 8.84. The van der Waals surface area contributed by atoms with Crippen molar-refractivity contribution in [3.63, 3.8) is 0 Å². The van der Waals surface area contributed by atoms with E-state index in [4.69, 9.17) is 25.7 Å². The Labute approximate surface area is 178 Å². The summed E-state index contributed by atoms with van der Waals surface area (Å²) in [6.45, 7) is 6.45. The molecule has 6 nitrogen and oxygen atoms in total. The third-order valence-electron chi connectivity index (χ3n) is 4.64. The van der Waals surface area contributed by atoms with Crippen molar-refractivity contribution in [2.24, 2.45) is 0 Å². The quantitative estimate of drug-likeness (QED) is 0.591. The summed E-state index contributed by atoms with van der Waals surface area (Å²) in [6, 6.07) is 7.20. The minimum Gasteiger partial charge on any atom is -0.459 e. The Balaban J connectivity index is 0.00000225. The number of amides is 1. The molecule has 2 aromatic heterocycles. The molecule has 3 aromatic rings. The summed E-state index contributed by atoms with van der Waals surface area (Å²) in [4.78, 5) is 21.7. The summed E-state index contributed by atoms with van der Waals surface area (Å²) in [7, 11) is 0. The third kappa shape index (κ3) is 4.34. The van der Waals surface area contributed by atoms with Gasteiger partial charge in [-0.2, -0.15) is 0 Å². The number of furan rings is 1. The van der Waals surface area contributed by atoms with Crippen molar-refractivity contribution in [3.05, 3.63) is 46.9 Å². The van der Waals surface area contributed by atoms with Crippen molar-refractivity contribution >= 4 is 56.6 Å². The maximum Gasteiger partial charge on any atom is 0.295 e. The largest absolute Gasteiger partial charge is 0.459 e. The molecular weight excluding hydrogens is 421 g/mol. The van der Waals surface area contributed by atoms with E-state index >= 15 is 0 Å². The summed E-state index contributed by atoms with van der Waals surface area (Å²) in [5.74, 6) is 0.111. The van der Waals surface area contributed by atoms with Crippen molar-refractivity contribution in [2.75, 3.05) is 44.3 Å². The molecule has 0 radical (unpaired) electrons. The van der Waals surface area contributed by atoms with E-state index < -0.39 is 0 Å². The van der Waals surface area contributed by atoms with Crippen LogP contribution in [-0.4, -0.2) is 55.2 Å². The van der Waals surface area contributed by atoms with Gasteiger partial charge in [-0.25, -0.2) is 4.98 Å². The number of rotatable bonds is 5. The number of ether oxygens (including phenoxy) is 1. The summed E-state index contributed by atoms with van der Waals surface area (Å²) >= 11 is 7.79. The Hall–Kier alpha value is -1.64. The molecule has 1 aliphatic rings. The van der Waals surface area contributed by atoms with Crippen LogP contribution in [0.5, 0.6) is 0 Å². The molecule has 0 aliphatic carbocycles. The van der Waals surface area contributed by atoms with Crippen LogP contribution >= 0.6 is 35.3 Å². The van der Waals surface area contributed by atoms with E-state index in [0.717, 1.165) is 48.6 Å². The fourth-order valence-electron chi connectivity index (χ4n) is 3.09. The van der Waals surface area contributed by atoms with E-state index in [1.54, 1.807) is 17.0 Å². The molecule has 4 rings (SSSR count). The van der Waals surface area contributed by atoms with Crippen LogP contribution in [0.2, 0.25) is 5.02 Å². The van der Waals surface area contributed by atoms with E-state index in [0.29, 0.717) is 22.5 Å². The highest BCUT2D eigenvalue weighted by atomic mass is 35.5. The first kappa shape index (κ1) is 21.1. The number of nitrogens with zero attached hydrogens (tertiary/aromatic N) is 3. The van der Waals surface area contributed by atoms with Gasteiger partial charge in [-0.15, -0.1) is 12.4 Å². The maximum absolute atomic E-state index is 13.0. The molecule has 0 N–H and O–H groups in total. The summed E-state index contributed by atoms with van der Waals surface area (Å²) in [5.41, 5.74) is 1.88. The van der Waals surface area contributed by atoms with E-state index in [1.807, 2.05) is 19.1 Å². The van der Waals surface area contributed by atoms with Crippen molar-refractivity contribution in [1.29, 1.82) is 0 Å². The standard InChI is InChI=1S/C19H20ClN3O3S.ClH/c1-13-4-5-14(20)17-16(13)21-19(27-17)23(18(24)15-3-2-10-26-15)7-6-22-8-11-25-12-9-22;/h2-5,10H,6-9,11-12H2,1H3;1H. The van der Waals surface area contributed by atoms with E-state index in [1.165, 1.54) is 17.6 Å². The van der Waals surface area contributed by atoms with Gasteiger partial charge in [0.25, 0.3) is 5.91 Å². The maximum atomic E-state index is 13.0. The second kappa shape index (κ2) is 9.24. The van der Waals surface area contributed by atoms with Gasteiger partial charge in [-0.05, 0) is 30.7 Å². The number of hydrogen-bond donors (Lipinski definition) is 0. The van der Waals surface area contributed by atoms with Crippen molar-refractivity contribution < 1.29 is 13.9 Å². The molecule has 1 aliphatic heterocycles. The van der Waals surface area contributed by atoms with Crippen LogP contribution in [0.15, 0.2) is 34.9 Å². The van der Waals surface area contributed by atoms with Crippen molar-refractivity contribution in [1.82, 2.24) is 9.88 Å². The molecule has 0 atom stereocenters. The van der Waals surface area contributed by atoms with Crippen LogP contribution in [0.1, 0.15) is 16.1 Å². The molecule has 28 heavy (non-hydrogen) atoms. The number of aromatic nitrogens is 1. The van der Waals surface area contributed by atoms with Gasteiger partial charge in [0.15, 0.2) is 10.9 Å². The molecule has 150 valence electrons. The molecule has 0 saturated carbocycles. The summed E-state index contributed by atoms with van der Waals surface area (Å²) in [6.07, 6.45) is 1.51. The van der Waals surface area contributed by atoms with E-state index in [2.05, 4.69) is 4.90 Å². The Morgan fingerprint density at radius 2 is 2.11 bits per heavy atom. The van der Waals surface area contributed by atoms with Crippen molar-refractivity contribution in [2.45, 2.75) is 6.92 Å². The van der Waals surface area contributed by atoms with Crippen LogP contribution in [-0.2, 0) is 4.74 Å². The Kier molecular flexibility index (Phi) is 6.95. The van der Waals surface area contributed by atoms with Crippen LogP contribution in [0.3, 0.4) is 0 Å². The number of carbonyl (C=O) groups is 1. The summed E-state index contributed by atoms with van der Waals surface area (Å²) in [5, 5.41) is 1.29. The number of halogens is 2. The lowest BCUT2D eigenvalue weighted by Gasteiger charge is -2.28. The smallest absolute Gasteiger partial charge is 0.295 e. The second-order valence-electron chi connectivity index (χ2n) is 6.43. The van der Waals surface area contributed by atoms with Crippen LogP contribution in [0, 0.1) is 6.92 Å². The number of hydrogen-bond acceptors (Lipinski definition) is 6. The van der Waals surface area contributed by atoms with Gasteiger partial charge in [-0.3, -0.25) is 14.6 Å². The molecule has 0 spiro atoms. The Morgan fingerprint density at radius 3 is 2.79 bits per heavy atom. The summed E-state index contributed by atoms with van der Waals surface area (Å²) < 4.78 is 11.6. The van der Waals surface area contributed by atoms with Gasteiger partial charge < -0.3 is 9.15 Å². The highest BCUT2D eigenvalue weighted by Gasteiger charge is 2.25. The van der Waals surface area contributed by atoms with Gasteiger partial charge in [0.2, 0.25) is 0 Å². The van der Waals surface area contributed by atoms with Crippen LogP contribution in [0.4, 0.5) is 5.13 Å². The highest BCUT2D eigenvalue weighted by Crippen LogP contribution is 2.36. The van der Waals surface area contributed by atoms with Gasteiger partial charge in [-0.1, -0.05) is 29.0 Å². The normalized spacial score (nSPS) is 14.8. The van der Waals surface area contributed by atoms with Crippen LogP contribution < -0.4 is 4.90 Å². The lowest BCUT2D eigenvalue weighted by Crippen LogP contribution is -2.43. The minimum atomic E-state index is -0.193. The van der Waals surface area contributed by atoms with Gasteiger partial charge in [0.05, 0.1) is 34.7 Å². The van der Waals surface area contributed by atoms with Crippen molar-refractivity contribution in [3.8, 4) is 0 Å². The van der Waals surface area contributed by atoms with E-state index in [9.17, 15) is 4.79 Å². The zero-order valence-corrected chi connectivity index (χ0v) is 17.8. The monoisotopic (exact) mass is 441 g/mol. The molecule has 1 amide bonds.